The van der Waals surface area contributed by atoms with Gasteiger partial charge in [-0.2, -0.15) is 0 Å². The molecule has 5 nitrogen and oxygen atoms in total. The van der Waals surface area contributed by atoms with E-state index in [0.29, 0.717) is 11.4 Å². The zero-order chi connectivity index (χ0) is 13.0. The molecule has 94 valence electrons. The topological polar surface area (TPSA) is 69.6 Å². The molecule has 0 aliphatic heterocycles. The predicted molar refractivity (Wildman–Crippen MR) is 67.8 cm³/mol. The minimum absolute atomic E-state index is 0.0227. The van der Waals surface area contributed by atoms with Gasteiger partial charge in [-0.25, -0.2) is 4.79 Å². The Labute approximate surface area is 104 Å². The molecular formula is C11H16N2O3S. The number of carbonyl (C=O) groups is 2. The molecular weight excluding hydrogens is 240 g/mol. The smallest absolute Gasteiger partial charge is 0.345 e. The quantitative estimate of drug-likeness (QED) is 0.832. The lowest BCUT2D eigenvalue weighted by Crippen LogP contribution is -2.34. The number of aromatic carboxylic acids is 1. The first-order chi connectivity index (χ1) is 7.95. The van der Waals surface area contributed by atoms with Crippen molar-refractivity contribution in [3.8, 4) is 0 Å². The molecule has 1 aromatic rings. The van der Waals surface area contributed by atoms with E-state index in [4.69, 9.17) is 5.11 Å². The van der Waals surface area contributed by atoms with Crippen LogP contribution in [-0.4, -0.2) is 37.6 Å². The minimum atomic E-state index is -0.922. The average Bonchev–Trinajstić information content (AvgIpc) is 2.77. The standard InChI is InChI=1S/C11H16N2O3S/c1-7(10(14)12-2)5-13(3)8-4-9(11(15)16)17-6-8/h4,6-7H,5H2,1-3H3,(H,12,14)(H,15,16). The third-order valence-electron chi connectivity index (χ3n) is 2.48. The van der Waals surface area contributed by atoms with E-state index < -0.39 is 5.97 Å². The number of rotatable bonds is 5. The first-order valence-corrected chi connectivity index (χ1v) is 6.08. The van der Waals surface area contributed by atoms with Gasteiger partial charge in [0.05, 0.1) is 5.92 Å². The Morgan fingerprint density at radius 3 is 2.71 bits per heavy atom. The lowest BCUT2D eigenvalue weighted by molar-refractivity contribution is -0.123. The molecule has 1 unspecified atom stereocenters. The van der Waals surface area contributed by atoms with Crippen molar-refractivity contribution in [1.29, 1.82) is 0 Å². The highest BCUT2D eigenvalue weighted by Crippen LogP contribution is 2.22. The largest absolute Gasteiger partial charge is 0.477 e. The van der Waals surface area contributed by atoms with Crippen molar-refractivity contribution in [3.05, 3.63) is 16.3 Å². The van der Waals surface area contributed by atoms with E-state index in [1.165, 1.54) is 11.3 Å². The second kappa shape index (κ2) is 5.67. The van der Waals surface area contributed by atoms with Crippen molar-refractivity contribution >= 4 is 28.9 Å². The molecule has 6 heteroatoms. The highest BCUT2D eigenvalue weighted by molar-refractivity contribution is 7.12. The Balaban J connectivity index is 2.66. The highest BCUT2D eigenvalue weighted by Gasteiger charge is 2.15. The van der Waals surface area contributed by atoms with Crippen LogP contribution in [0.4, 0.5) is 5.69 Å². The predicted octanol–water partition coefficient (Wildman–Crippen LogP) is 1.26. The zero-order valence-corrected chi connectivity index (χ0v) is 10.9. The van der Waals surface area contributed by atoms with Gasteiger partial charge in [-0.05, 0) is 6.07 Å². The molecule has 0 aromatic carbocycles. The van der Waals surface area contributed by atoms with Crippen molar-refractivity contribution in [1.82, 2.24) is 5.32 Å². The number of hydrogen-bond acceptors (Lipinski definition) is 4. The number of carbonyl (C=O) groups excluding carboxylic acids is 1. The molecule has 0 aliphatic carbocycles. The van der Waals surface area contributed by atoms with Crippen LogP contribution in [0.25, 0.3) is 0 Å². The molecule has 1 atom stereocenters. The number of nitrogens with zero attached hydrogens (tertiary/aromatic N) is 1. The first-order valence-electron chi connectivity index (χ1n) is 5.20. The SMILES string of the molecule is CNC(=O)C(C)CN(C)c1csc(C(=O)O)c1. The Morgan fingerprint density at radius 2 is 2.24 bits per heavy atom. The maximum atomic E-state index is 11.4. The maximum Gasteiger partial charge on any atom is 0.345 e. The monoisotopic (exact) mass is 256 g/mol. The summed E-state index contributed by atoms with van der Waals surface area (Å²) in [6.07, 6.45) is 0. The van der Waals surface area contributed by atoms with Gasteiger partial charge in [0.2, 0.25) is 5.91 Å². The number of carboxylic acids is 1. The van der Waals surface area contributed by atoms with Gasteiger partial charge in [0, 0.05) is 31.7 Å². The van der Waals surface area contributed by atoms with Gasteiger partial charge in [0.15, 0.2) is 0 Å². The van der Waals surface area contributed by atoms with Gasteiger partial charge in [0.1, 0.15) is 4.88 Å². The molecule has 0 fully saturated rings. The summed E-state index contributed by atoms with van der Waals surface area (Å²) in [5, 5.41) is 13.2. The lowest BCUT2D eigenvalue weighted by atomic mass is 10.1. The Hall–Kier alpha value is -1.56. The molecule has 0 saturated heterocycles. The van der Waals surface area contributed by atoms with E-state index in [9.17, 15) is 9.59 Å². The van der Waals surface area contributed by atoms with Gasteiger partial charge < -0.3 is 15.3 Å². The van der Waals surface area contributed by atoms with Crippen LogP contribution in [0.3, 0.4) is 0 Å². The molecule has 0 saturated carbocycles. The van der Waals surface area contributed by atoms with Gasteiger partial charge >= 0.3 is 5.97 Å². The summed E-state index contributed by atoms with van der Waals surface area (Å²) in [5.74, 6) is -1.09. The van der Waals surface area contributed by atoms with E-state index in [-0.39, 0.29) is 11.8 Å². The summed E-state index contributed by atoms with van der Waals surface area (Å²) in [6, 6.07) is 1.61. The fourth-order valence-electron chi connectivity index (χ4n) is 1.48. The summed E-state index contributed by atoms with van der Waals surface area (Å²) in [7, 11) is 3.44. The van der Waals surface area contributed by atoms with Crippen molar-refractivity contribution in [3.63, 3.8) is 0 Å². The summed E-state index contributed by atoms with van der Waals surface area (Å²) in [6.45, 7) is 2.38. The maximum absolute atomic E-state index is 11.4. The van der Waals surface area contributed by atoms with E-state index in [1.54, 1.807) is 18.5 Å². The molecule has 0 radical (unpaired) electrons. The van der Waals surface area contributed by atoms with E-state index in [0.717, 1.165) is 5.69 Å². The van der Waals surface area contributed by atoms with Crippen LogP contribution >= 0.6 is 11.3 Å². The molecule has 1 aromatic heterocycles. The molecule has 0 spiro atoms. The second-order valence-electron chi connectivity index (χ2n) is 3.87. The normalized spacial score (nSPS) is 11.9. The number of amides is 1. The van der Waals surface area contributed by atoms with Crippen LogP contribution < -0.4 is 10.2 Å². The fraction of sp³-hybridized carbons (Fsp3) is 0.455. The van der Waals surface area contributed by atoms with Crippen LogP contribution in [0, 0.1) is 5.92 Å². The van der Waals surface area contributed by atoms with E-state index >= 15 is 0 Å². The van der Waals surface area contributed by atoms with Crippen molar-refractivity contribution in [2.24, 2.45) is 5.92 Å². The fourth-order valence-corrected chi connectivity index (χ4v) is 2.27. The van der Waals surface area contributed by atoms with E-state index in [1.807, 2.05) is 18.9 Å². The number of carboxylic acid groups (broad SMARTS) is 1. The number of anilines is 1. The molecule has 0 aliphatic rings. The molecule has 1 rings (SSSR count). The van der Waals surface area contributed by atoms with Crippen molar-refractivity contribution < 1.29 is 14.7 Å². The van der Waals surface area contributed by atoms with Crippen LogP contribution in [-0.2, 0) is 4.79 Å². The van der Waals surface area contributed by atoms with Crippen molar-refractivity contribution in [2.45, 2.75) is 6.92 Å². The van der Waals surface area contributed by atoms with Crippen LogP contribution in [0.15, 0.2) is 11.4 Å². The summed E-state index contributed by atoms with van der Waals surface area (Å²) in [5.41, 5.74) is 0.822. The van der Waals surface area contributed by atoms with Crippen LogP contribution in [0.5, 0.6) is 0 Å². The lowest BCUT2D eigenvalue weighted by Gasteiger charge is -2.21. The molecule has 17 heavy (non-hydrogen) atoms. The summed E-state index contributed by atoms with van der Waals surface area (Å²) in [4.78, 5) is 24.3. The average molecular weight is 256 g/mol. The van der Waals surface area contributed by atoms with E-state index in [2.05, 4.69) is 5.32 Å². The Morgan fingerprint density at radius 1 is 1.59 bits per heavy atom. The zero-order valence-electron chi connectivity index (χ0n) is 10.1. The van der Waals surface area contributed by atoms with Crippen LogP contribution in [0.2, 0.25) is 0 Å². The molecule has 2 N–H and O–H groups in total. The van der Waals surface area contributed by atoms with Gasteiger partial charge in [0.25, 0.3) is 0 Å². The van der Waals surface area contributed by atoms with Gasteiger partial charge in [-0.1, -0.05) is 6.92 Å². The molecule has 0 bridgehead atoms. The highest BCUT2D eigenvalue weighted by atomic mass is 32.1. The van der Waals surface area contributed by atoms with Gasteiger partial charge in [-0.3, -0.25) is 4.79 Å². The Kier molecular flexibility index (Phi) is 4.51. The summed E-state index contributed by atoms with van der Waals surface area (Å²) < 4.78 is 0. The minimum Gasteiger partial charge on any atom is -0.477 e. The first kappa shape index (κ1) is 13.5. The molecule has 1 heterocycles. The molecule has 1 amide bonds. The third kappa shape index (κ3) is 3.45. The third-order valence-corrected chi connectivity index (χ3v) is 3.38. The Bertz CT molecular complexity index is 417. The van der Waals surface area contributed by atoms with Crippen molar-refractivity contribution in [2.75, 3.05) is 25.5 Å². The number of hydrogen-bond donors (Lipinski definition) is 2. The number of thiophene rings is 1. The van der Waals surface area contributed by atoms with Crippen LogP contribution in [0.1, 0.15) is 16.6 Å². The van der Waals surface area contributed by atoms with Gasteiger partial charge in [-0.15, -0.1) is 11.3 Å². The number of nitrogens with one attached hydrogen (secondary N) is 1. The summed E-state index contributed by atoms with van der Waals surface area (Å²) >= 11 is 1.19. The second-order valence-corrected chi connectivity index (χ2v) is 4.78.